The van der Waals surface area contributed by atoms with Crippen LogP contribution in [-0.4, -0.2) is 17.7 Å². The second kappa shape index (κ2) is 13.3. The number of unbranched alkanes of at least 4 members (excludes halogenated alkanes) is 6. The minimum atomic E-state index is -1.72. The molecule has 1 aliphatic rings. The maximum Gasteiger partial charge on any atom is 0.182 e. The molecule has 0 atom stereocenters. The topological polar surface area (TPSA) is 34.1 Å². The van der Waals surface area contributed by atoms with Crippen LogP contribution in [-0.2, 0) is 9.59 Å². The molecule has 0 amide bonds. The highest BCUT2D eigenvalue weighted by molar-refractivity contribution is 7.95. The van der Waals surface area contributed by atoms with Gasteiger partial charge in [-0.3, -0.25) is 9.59 Å². The number of hydrogen-bond acceptors (Lipinski definition) is 2. The van der Waals surface area contributed by atoms with E-state index < -0.39 is 7.26 Å². The lowest BCUT2D eigenvalue weighted by Crippen LogP contribution is -2.33. The number of allylic oxidation sites excluding steroid dienone is 4. The number of carbonyl (C=O) groups excluding carboxylic acids is 2. The Labute approximate surface area is 216 Å². The summed E-state index contributed by atoms with van der Waals surface area (Å²) in [5, 5.41) is 4.38. The summed E-state index contributed by atoms with van der Waals surface area (Å²) < 4.78 is 0. The van der Waals surface area contributed by atoms with E-state index in [1.165, 1.54) is 72.4 Å². The van der Waals surface area contributed by atoms with Gasteiger partial charge in [-0.2, -0.15) is 0 Å². The Bertz CT molecular complexity index is 1080. The third-order valence-electron chi connectivity index (χ3n) is 7.06. The van der Waals surface area contributed by atoms with Crippen molar-refractivity contribution in [1.82, 2.24) is 0 Å². The van der Waals surface area contributed by atoms with Crippen molar-refractivity contribution in [3.8, 4) is 0 Å². The first-order chi connectivity index (χ1) is 17.7. The van der Waals surface area contributed by atoms with Crippen LogP contribution in [0, 0.1) is 0 Å². The predicted octanol–water partition coefficient (Wildman–Crippen LogP) is 6.74. The molecule has 0 heterocycles. The molecule has 0 N–H and O–H groups in total. The minimum Gasteiger partial charge on any atom is -0.290 e. The van der Waals surface area contributed by atoms with Gasteiger partial charge in [-0.1, -0.05) is 80.3 Å². The van der Waals surface area contributed by atoms with Gasteiger partial charge in [-0.05, 0) is 80.3 Å². The first-order valence-corrected chi connectivity index (χ1v) is 15.2. The summed E-state index contributed by atoms with van der Waals surface area (Å²) in [5.41, 5.74) is 0.672. The average Bonchev–Trinajstić information content (AvgIpc) is 2.93. The summed E-state index contributed by atoms with van der Waals surface area (Å²) in [5.74, 6) is -0.0679. The number of carbonyl (C=O) groups is 2. The first-order valence-electron chi connectivity index (χ1n) is 13.2. The number of benzene rings is 3. The maximum atomic E-state index is 11.9. The molecule has 0 fully saturated rings. The molecule has 0 saturated heterocycles. The summed E-state index contributed by atoms with van der Waals surface area (Å²) >= 11 is 0. The van der Waals surface area contributed by atoms with E-state index in [0.717, 1.165) is 12.8 Å². The molecule has 1 aliphatic carbocycles. The van der Waals surface area contributed by atoms with Crippen molar-refractivity contribution >= 4 is 34.7 Å². The van der Waals surface area contributed by atoms with Gasteiger partial charge in [0.05, 0.1) is 6.16 Å². The molecule has 0 aliphatic heterocycles. The fourth-order valence-electron chi connectivity index (χ4n) is 5.18. The van der Waals surface area contributed by atoms with Crippen LogP contribution in [0.15, 0.2) is 115 Å². The lowest BCUT2D eigenvalue weighted by molar-refractivity contribution is -0.114. The van der Waals surface area contributed by atoms with E-state index in [9.17, 15) is 9.59 Å². The molecule has 4 rings (SSSR count). The van der Waals surface area contributed by atoms with Gasteiger partial charge in [0.2, 0.25) is 0 Å². The van der Waals surface area contributed by atoms with E-state index in [2.05, 4.69) is 91.0 Å². The van der Waals surface area contributed by atoms with Crippen LogP contribution in [0.1, 0.15) is 51.4 Å². The average molecular weight is 496 g/mol. The molecule has 184 valence electrons. The Balaban J connectivity index is 1.33. The van der Waals surface area contributed by atoms with E-state index in [0.29, 0.717) is 12.0 Å². The van der Waals surface area contributed by atoms with Crippen LogP contribution in [0.5, 0.6) is 0 Å². The summed E-state index contributed by atoms with van der Waals surface area (Å²) in [4.78, 5) is 23.3. The second-order valence-electron chi connectivity index (χ2n) is 9.53. The third-order valence-corrected chi connectivity index (χ3v) is 11.6. The maximum absolute atomic E-state index is 11.9. The van der Waals surface area contributed by atoms with E-state index in [1.807, 2.05) is 0 Å². The van der Waals surface area contributed by atoms with Crippen molar-refractivity contribution in [3.05, 3.63) is 115 Å². The second-order valence-corrected chi connectivity index (χ2v) is 13.2. The molecule has 0 radical (unpaired) electrons. The van der Waals surface area contributed by atoms with Gasteiger partial charge in [0, 0.05) is 5.57 Å². The van der Waals surface area contributed by atoms with E-state index in [4.69, 9.17) is 0 Å². The van der Waals surface area contributed by atoms with Crippen molar-refractivity contribution < 1.29 is 9.59 Å². The van der Waals surface area contributed by atoms with Gasteiger partial charge < -0.3 is 0 Å². The Morgan fingerprint density at radius 1 is 0.500 bits per heavy atom. The predicted molar refractivity (Wildman–Crippen MR) is 154 cm³/mol. The van der Waals surface area contributed by atoms with Crippen LogP contribution in [0.25, 0.3) is 0 Å². The number of ketones is 2. The van der Waals surface area contributed by atoms with Gasteiger partial charge in [-0.25, -0.2) is 0 Å². The molecule has 0 spiro atoms. The van der Waals surface area contributed by atoms with Crippen LogP contribution in [0.4, 0.5) is 0 Å². The monoisotopic (exact) mass is 495 g/mol. The van der Waals surface area contributed by atoms with Crippen LogP contribution in [0.3, 0.4) is 0 Å². The van der Waals surface area contributed by atoms with Gasteiger partial charge >= 0.3 is 0 Å². The highest BCUT2D eigenvalue weighted by Gasteiger charge is 2.44. The summed E-state index contributed by atoms with van der Waals surface area (Å²) in [6.45, 7) is 0. The van der Waals surface area contributed by atoms with Gasteiger partial charge in [0.15, 0.2) is 11.6 Å². The molecule has 2 nitrogen and oxygen atoms in total. The molecule has 3 heteroatoms. The Morgan fingerprint density at radius 3 is 1.44 bits per heavy atom. The number of hydrogen-bond donors (Lipinski definition) is 0. The molecular weight excluding hydrogens is 459 g/mol. The molecule has 3 aromatic rings. The summed E-state index contributed by atoms with van der Waals surface area (Å²) in [6, 6.07) is 33.4. The van der Waals surface area contributed by atoms with Gasteiger partial charge in [-0.15, -0.1) is 0 Å². The van der Waals surface area contributed by atoms with Crippen molar-refractivity contribution in [1.29, 1.82) is 0 Å². The molecule has 0 bridgehead atoms. The smallest absolute Gasteiger partial charge is 0.182 e. The fourth-order valence-corrected chi connectivity index (χ4v) is 9.59. The van der Waals surface area contributed by atoms with Gasteiger partial charge in [0.25, 0.3) is 0 Å². The molecular formula is C33H36O2P+. The molecule has 0 aromatic heterocycles. The minimum absolute atomic E-state index is 0.00309. The zero-order valence-electron chi connectivity index (χ0n) is 21.0. The zero-order valence-corrected chi connectivity index (χ0v) is 21.9. The van der Waals surface area contributed by atoms with Crippen LogP contribution < -0.4 is 15.9 Å². The van der Waals surface area contributed by atoms with Crippen molar-refractivity contribution in [2.75, 3.05) is 6.16 Å². The quantitative estimate of drug-likeness (QED) is 0.150. The van der Waals surface area contributed by atoms with Crippen LogP contribution >= 0.6 is 7.26 Å². The van der Waals surface area contributed by atoms with E-state index in [1.54, 1.807) is 0 Å². The fraction of sp³-hybridized carbons (Fsp3) is 0.273. The first kappa shape index (κ1) is 26.0. The lowest BCUT2D eigenvalue weighted by Gasteiger charge is -2.27. The Hall–Kier alpha value is -3.09. The molecule has 0 unspecified atom stereocenters. The highest BCUT2D eigenvalue weighted by atomic mass is 31.2. The SMILES string of the molecule is O=C1C=CC(=O)C(CCCCCCCCC[P+](c2ccccc2)(c2ccccc2)c2ccccc2)=C1. The van der Waals surface area contributed by atoms with Crippen molar-refractivity contribution in [2.24, 2.45) is 0 Å². The van der Waals surface area contributed by atoms with Crippen molar-refractivity contribution in [2.45, 2.75) is 51.4 Å². The van der Waals surface area contributed by atoms with E-state index >= 15 is 0 Å². The summed E-state index contributed by atoms with van der Waals surface area (Å²) in [7, 11) is -1.72. The van der Waals surface area contributed by atoms with E-state index in [-0.39, 0.29) is 11.6 Å². The molecule has 36 heavy (non-hydrogen) atoms. The van der Waals surface area contributed by atoms with Gasteiger partial charge in [0.1, 0.15) is 23.2 Å². The zero-order chi connectivity index (χ0) is 25.1. The highest BCUT2D eigenvalue weighted by Crippen LogP contribution is 2.56. The standard InChI is InChI=1S/C33H36O2P/c34-29-24-25-33(35)28(27-29)17-9-4-2-1-3-5-16-26-36(30-18-10-6-11-19-30,31-20-12-7-13-21-31)32-22-14-8-15-23-32/h6-8,10-15,18-25,27H,1-5,9,16-17,26H2/q+1. The Morgan fingerprint density at radius 2 is 0.944 bits per heavy atom. The summed E-state index contributed by atoms with van der Waals surface area (Å²) in [6.07, 6.45) is 14.3. The largest absolute Gasteiger partial charge is 0.290 e. The molecule has 3 aromatic carbocycles. The Kier molecular flexibility index (Phi) is 9.59. The lowest BCUT2D eigenvalue weighted by atomic mass is 9.97. The van der Waals surface area contributed by atoms with Crippen molar-refractivity contribution in [3.63, 3.8) is 0 Å². The third kappa shape index (κ3) is 6.56. The normalized spacial score (nSPS) is 13.6. The number of rotatable bonds is 13. The molecule has 0 saturated carbocycles. The van der Waals surface area contributed by atoms with Crippen LogP contribution in [0.2, 0.25) is 0 Å².